The minimum Gasteiger partial charge on any atom is -0.494 e. The van der Waals surface area contributed by atoms with Gasteiger partial charge >= 0.3 is 17.6 Å². The van der Waals surface area contributed by atoms with Gasteiger partial charge in [0.25, 0.3) is 5.56 Å². The van der Waals surface area contributed by atoms with Crippen LogP contribution in [0, 0.1) is 12.8 Å². The summed E-state index contributed by atoms with van der Waals surface area (Å²) in [6.07, 6.45) is 4.33. The Morgan fingerprint density at radius 2 is 1.62 bits per heavy atom. The summed E-state index contributed by atoms with van der Waals surface area (Å²) in [4.78, 5) is 50.0. The normalized spacial score (nSPS) is 12.3. The number of esters is 2. The van der Waals surface area contributed by atoms with Crippen molar-refractivity contribution in [3.05, 3.63) is 79.0 Å². The molecule has 3 rings (SSSR count). The van der Waals surface area contributed by atoms with E-state index in [1.165, 1.54) is 11.6 Å². The van der Waals surface area contributed by atoms with Gasteiger partial charge in [-0.1, -0.05) is 60.3 Å². The Labute approximate surface area is 285 Å². The van der Waals surface area contributed by atoms with Gasteiger partial charge in [0.2, 0.25) is 0 Å². The third kappa shape index (κ3) is 10.6. The number of aromatic nitrogens is 2. The molecule has 10 nitrogen and oxygen atoms in total. The van der Waals surface area contributed by atoms with Crippen LogP contribution >= 0.6 is 15.9 Å². The number of hydrogen-bond acceptors (Lipinski definition) is 8. The van der Waals surface area contributed by atoms with Crippen molar-refractivity contribution in [3.8, 4) is 22.6 Å². The number of halogens is 1. The van der Waals surface area contributed by atoms with E-state index < -0.39 is 12.1 Å². The Morgan fingerprint density at radius 3 is 2.34 bits per heavy atom. The summed E-state index contributed by atoms with van der Waals surface area (Å²) in [5, 5.41) is 0. The molecule has 0 spiro atoms. The molecule has 47 heavy (non-hydrogen) atoms. The lowest BCUT2D eigenvalue weighted by Gasteiger charge is -2.25. The molecule has 0 radical (unpaired) electrons. The molecule has 2 aromatic carbocycles. The molecule has 1 heterocycles. The van der Waals surface area contributed by atoms with Crippen LogP contribution in [0.15, 0.2) is 56.5 Å². The van der Waals surface area contributed by atoms with E-state index in [1.54, 1.807) is 27.8 Å². The summed E-state index contributed by atoms with van der Waals surface area (Å²) in [5.74, 6) is 0.453. The molecule has 1 aromatic heterocycles. The number of ether oxygens (including phenoxy) is 4. The third-order valence-corrected chi connectivity index (χ3v) is 8.56. The van der Waals surface area contributed by atoms with Gasteiger partial charge in [0.05, 0.1) is 25.4 Å². The van der Waals surface area contributed by atoms with Gasteiger partial charge in [-0.2, -0.15) is 0 Å². The van der Waals surface area contributed by atoms with Crippen molar-refractivity contribution in [2.24, 2.45) is 20.0 Å². The zero-order valence-electron chi connectivity index (χ0n) is 28.3. The van der Waals surface area contributed by atoms with Gasteiger partial charge in [0, 0.05) is 36.6 Å². The van der Waals surface area contributed by atoms with Crippen LogP contribution in [-0.2, 0) is 39.6 Å². The van der Waals surface area contributed by atoms with Crippen molar-refractivity contribution in [3.63, 3.8) is 0 Å². The van der Waals surface area contributed by atoms with Gasteiger partial charge in [-0.3, -0.25) is 14.2 Å². The summed E-state index contributed by atoms with van der Waals surface area (Å²) in [6, 6.07) is 13.0. The smallest absolute Gasteiger partial charge is 0.347 e. The van der Waals surface area contributed by atoms with E-state index in [0.29, 0.717) is 48.0 Å². The maximum Gasteiger partial charge on any atom is 0.347 e. The first-order chi connectivity index (χ1) is 22.5. The van der Waals surface area contributed by atoms with E-state index in [2.05, 4.69) is 15.9 Å². The average molecular weight is 716 g/mol. The lowest BCUT2D eigenvalue weighted by atomic mass is 9.96. The van der Waals surface area contributed by atoms with E-state index >= 15 is 0 Å². The summed E-state index contributed by atoms with van der Waals surface area (Å²) in [5.41, 5.74) is 1.85. The standard InChI is InChI=1S/C36H47BrN2O8/c1-7-44-31(40)19-18-26-16-12-13-17-30(26)47-33(35(42)45-8-2)24(3)15-11-9-10-14-20-46-29-22-27(21-28(37)23-29)32-25(4)38(5)36(43)39(6)34(32)41/h12-13,16-17,21-24,33H,7-11,14-15,18-20H2,1-6H3. The number of benzene rings is 2. The molecule has 0 amide bonds. The fourth-order valence-corrected chi connectivity index (χ4v) is 5.86. The molecule has 0 bridgehead atoms. The van der Waals surface area contributed by atoms with E-state index in [9.17, 15) is 19.2 Å². The van der Waals surface area contributed by atoms with Crippen molar-refractivity contribution in [2.75, 3.05) is 19.8 Å². The number of para-hydroxylation sites is 1. The molecule has 256 valence electrons. The van der Waals surface area contributed by atoms with Gasteiger partial charge in [-0.15, -0.1) is 0 Å². The van der Waals surface area contributed by atoms with Crippen LogP contribution in [0.5, 0.6) is 11.5 Å². The Balaban J connectivity index is 1.53. The predicted octanol–water partition coefficient (Wildman–Crippen LogP) is 6.29. The number of nitrogens with zero attached hydrogens (tertiary/aromatic N) is 2. The quantitative estimate of drug-likeness (QED) is 0.112. The lowest BCUT2D eigenvalue weighted by molar-refractivity contribution is -0.154. The molecule has 0 aliphatic heterocycles. The first-order valence-corrected chi connectivity index (χ1v) is 17.0. The highest BCUT2D eigenvalue weighted by atomic mass is 79.9. The highest BCUT2D eigenvalue weighted by molar-refractivity contribution is 9.10. The Bertz CT molecular complexity index is 1630. The molecule has 0 N–H and O–H groups in total. The largest absolute Gasteiger partial charge is 0.494 e. The summed E-state index contributed by atoms with van der Waals surface area (Å²) >= 11 is 3.52. The molecule has 0 saturated heterocycles. The van der Waals surface area contributed by atoms with Crippen molar-refractivity contribution in [1.82, 2.24) is 9.13 Å². The molecule has 0 saturated carbocycles. The third-order valence-electron chi connectivity index (χ3n) is 8.11. The van der Waals surface area contributed by atoms with Crippen LogP contribution in [0.3, 0.4) is 0 Å². The second-order valence-electron chi connectivity index (χ2n) is 11.6. The molecule has 3 aromatic rings. The maximum atomic E-state index is 12.9. The summed E-state index contributed by atoms with van der Waals surface area (Å²) in [6.45, 7) is 8.41. The molecular weight excluding hydrogens is 668 g/mol. The van der Waals surface area contributed by atoms with Crippen LogP contribution in [-0.4, -0.2) is 47.0 Å². The van der Waals surface area contributed by atoms with Gasteiger partial charge in [0.1, 0.15) is 11.5 Å². The van der Waals surface area contributed by atoms with E-state index in [-0.39, 0.29) is 36.2 Å². The van der Waals surface area contributed by atoms with Crippen molar-refractivity contribution in [2.45, 2.75) is 78.7 Å². The summed E-state index contributed by atoms with van der Waals surface area (Å²) < 4.78 is 26.1. The van der Waals surface area contributed by atoms with Crippen LogP contribution < -0.4 is 20.7 Å². The number of carbonyl (C=O) groups is 2. The number of rotatable bonds is 18. The number of hydrogen-bond donors (Lipinski definition) is 0. The van der Waals surface area contributed by atoms with Crippen LogP contribution in [0.2, 0.25) is 0 Å². The van der Waals surface area contributed by atoms with Crippen LogP contribution in [0.4, 0.5) is 0 Å². The van der Waals surface area contributed by atoms with Crippen molar-refractivity contribution < 1.29 is 28.5 Å². The second kappa shape index (κ2) is 18.5. The van der Waals surface area contributed by atoms with E-state index in [1.807, 2.05) is 49.4 Å². The topological polar surface area (TPSA) is 115 Å². The maximum absolute atomic E-state index is 12.9. The van der Waals surface area contributed by atoms with E-state index in [4.69, 9.17) is 18.9 Å². The Kier molecular flexibility index (Phi) is 14.8. The number of aryl methyl sites for hydroxylation is 1. The van der Waals surface area contributed by atoms with Gasteiger partial charge in [-0.05, 0) is 75.4 Å². The minimum atomic E-state index is -0.764. The SMILES string of the molecule is CCOC(=O)CCc1ccccc1OC(C(=O)OCC)C(C)CCCCCCOc1cc(Br)cc(-c2c(C)n(C)c(=O)n(C)c2=O)c1. The highest BCUT2D eigenvalue weighted by Gasteiger charge is 2.29. The van der Waals surface area contributed by atoms with Crippen LogP contribution in [0.25, 0.3) is 11.1 Å². The first kappa shape index (κ1) is 37.6. The molecule has 0 aliphatic carbocycles. The van der Waals surface area contributed by atoms with Gasteiger partial charge < -0.3 is 23.5 Å². The van der Waals surface area contributed by atoms with Crippen molar-refractivity contribution in [1.29, 1.82) is 0 Å². The molecule has 0 fully saturated rings. The molecular formula is C36H47BrN2O8. The average Bonchev–Trinajstić information content (AvgIpc) is 3.04. The molecule has 0 aliphatic rings. The van der Waals surface area contributed by atoms with E-state index in [0.717, 1.165) is 46.7 Å². The molecule has 11 heteroatoms. The fourth-order valence-electron chi connectivity index (χ4n) is 5.38. The second-order valence-corrected chi connectivity index (χ2v) is 12.5. The summed E-state index contributed by atoms with van der Waals surface area (Å²) in [7, 11) is 3.13. The zero-order valence-corrected chi connectivity index (χ0v) is 29.9. The highest BCUT2D eigenvalue weighted by Crippen LogP contribution is 2.29. The van der Waals surface area contributed by atoms with Gasteiger partial charge in [0.15, 0.2) is 6.10 Å². The van der Waals surface area contributed by atoms with Crippen molar-refractivity contribution >= 4 is 27.9 Å². The number of unbranched alkanes of at least 4 members (excludes halogenated alkanes) is 3. The first-order valence-electron chi connectivity index (χ1n) is 16.3. The zero-order chi connectivity index (χ0) is 34.5. The molecule has 2 atom stereocenters. The predicted molar refractivity (Wildman–Crippen MR) is 185 cm³/mol. The Hall–Kier alpha value is -3.86. The van der Waals surface area contributed by atoms with Gasteiger partial charge in [-0.25, -0.2) is 9.59 Å². The Morgan fingerprint density at radius 1 is 0.915 bits per heavy atom. The van der Waals surface area contributed by atoms with Crippen LogP contribution in [0.1, 0.15) is 70.6 Å². The number of carbonyl (C=O) groups excluding carboxylic acids is 2. The monoisotopic (exact) mass is 714 g/mol. The minimum absolute atomic E-state index is 0.0860. The fraction of sp³-hybridized carbons (Fsp3) is 0.500. The molecule has 2 unspecified atom stereocenters. The lowest BCUT2D eigenvalue weighted by Crippen LogP contribution is -2.39.